The van der Waals surface area contributed by atoms with Crippen molar-refractivity contribution in [2.24, 2.45) is 29.6 Å². The van der Waals surface area contributed by atoms with Crippen LogP contribution in [0.1, 0.15) is 74.7 Å². The van der Waals surface area contributed by atoms with Gasteiger partial charge in [-0.15, -0.1) is 0 Å². The molecule has 7 atom stereocenters. The second-order valence-electron chi connectivity index (χ2n) is 11.1. The van der Waals surface area contributed by atoms with E-state index < -0.39 is 18.0 Å². The predicted molar refractivity (Wildman–Crippen MR) is 157 cm³/mol. The lowest BCUT2D eigenvalue weighted by molar-refractivity contribution is -0.143. The molecule has 0 unspecified atom stereocenters. The Kier molecular flexibility index (Phi) is 14.7. The zero-order chi connectivity index (χ0) is 29.7. The maximum Gasteiger partial charge on any atom is 0.331 e. The Bertz CT molecular complexity index is 1020. The second kappa shape index (κ2) is 16.9. The molecule has 0 aromatic carbocycles. The number of ether oxygens (including phenoxy) is 1. The van der Waals surface area contributed by atoms with Gasteiger partial charge in [0.05, 0.1) is 6.10 Å². The molecular weight excluding hydrogens is 492 g/mol. The number of hydrogen-bond acceptors (Lipinski definition) is 5. The van der Waals surface area contributed by atoms with Gasteiger partial charge in [-0.1, -0.05) is 94.7 Å². The molecule has 1 heterocycles. The fourth-order valence-corrected chi connectivity index (χ4v) is 4.75. The van der Waals surface area contributed by atoms with Gasteiger partial charge in [-0.2, -0.15) is 0 Å². The van der Waals surface area contributed by atoms with Gasteiger partial charge in [0.15, 0.2) is 0 Å². The van der Waals surface area contributed by atoms with Crippen LogP contribution in [0, 0.1) is 29.6 Å². The van der Waals surface area contributed by atoms with Crippen LogP contribution in [0.3, 0.4) is 0 Å². The van der Waals surface area contributed by atoms with Crippen LogP contribution in [0.25, 0.3) is 0 Å². The Morgan fingerprint density at radius 3 is 2.38 bits per heavy atom. The third kappa shape index (κ3) is 12.6. The van der Waals surface area contributed by atoms with Gasteiger partial charge in [-0.05, 0) is 51.0 Å². The molecule has 1 rings (SSSR count). The van der Waals surface area contributed by atoms with Crippen LogP contribution in [-0.2, 0) is 19.1 Å². The molecule has 0 saturated heterocycles. The molecule has 0 saturated carbocycles. The molecule has 216 valence electrons. The number of hydrogen-bond donors (Lipinski definition) is 2. The van der Waals surface area contributed by atoms with Crippen molar-refractivity contribution in [2.45, 2.75) is 86.9 Å². The Morgan fingerprint density at radius 1 is 1.10 bits per heavy atom. The van der Waals surface area contributed by atoms with Crippen molar-refractivity contribution in [1.82, 2.24) is 0 Å². The van der Waals surface area contributed by atoms with Crippen molar-refractivity contribution in [3.8, 4) is 0 Å². The van der Waals surface area contributed by atoms with Gasteiger partial charge >= 0.3 is 11.9 Å². The van der Waals surface area contributed by atoms with Crippen molar-refractivity contribution < 1.29 is 29.3 Å². The molecule has 1 aliphatic heterocycles. The normalized spacial score (nSPS) is 23.0. The number of cyclic esters (lactones) is 1. The Hall–Kier alpha value is -2.99. The lowest BCUT2D eigenvalue weighted by atomic mass is 9.83. The molecule has 0 aliphatic carbocycles. The number of carboxylic acids is 1. The quantitative estimate of drug-likeness (QED) is 0.135. The summed E-state index contributed by atoms with van der Waals surface area (Å²) in [7, 11) is 0. The van der Waals surface area contributed by atoms with E-state index in [0.29, 0.717) is 17.9 Å². The molecule has 0 aromatic heterocycles. The first kappa shape index (κ1) is 34.0. The van der Waals surface area contributed by atoms with E-state index in [0.717, 1.165) is 24.5 Å². The highest BCUT2D eigenvalue weighted by molar-refractivity contribution is 5.85. The average Bonchev–Trinajstić information content (AvgIpc) is 2.86. The number of allylic oxidation sites excluding steroid dienone is 8. The molecule has 0 amide bonds. The van der Waals surface area contributed by atoms with Crippen molar-refractivity contribution in [2.75, 3.05) is 0 Å². The largest absolute Gasteiger partial charge is 0.478 e. The number of rotatable bonds is 15. The van der Waals surface area contributed by atoms with Gasteiger partial charge in [0.2, 0.25) is 0 Å². The summed E-state index contributed by atoms with van der Waals surface area (Å²) in [6, 6.07) is 0. The molecule has 6 heteroatoms. The van der Waals surface area contributed by atoms with Crippen LogP contribution in [0.15, 0.2) is 71.4 Å². The number of ketones is 1. The fraction of sp³-hybridized carbons (Fsp3) is 0.545. The molecule has 0 bridgehead atoms. The van der Waals surface area contributed by atoms with Gasteiger partial charge in [0.1, 0.15) is 11.9 Å². The van der Waals surface area contributed by atoms with E-state index >= 15 is 0 Å². The molecule has 2 N–H and O–H groups in total. The molecule has 0 fully saturated rings. The summed E-state index contributed by atoms with van der Waals surface area (Å²) < 4.78 is 5.39. The Labute approximate surface area is 234 Å². The number of aliphatic hydroxyl groups is 1. The van der Waals surface area contributed by atoms with E-state index in [1.165, 1.54) is 11.6 Å². The lowest BCUT2D eigenvalue weighted by Gasteiger charge is -2.25. The first-order valence-corrected chi connectivity index (χ1v) is 14.0. The first-order chi connectivity index (χ1) is 18.2. The van der Waals surface area contributed by atoms with E-state index in [-0.39, 0.29) is 35.6 Å². The van der Waals surface area contributed by atoms with Crippen LogP contribution in [-0.4, -0.2) is 40.1 Å². The molecule has 0 aromatic rings. The molecule has 6 nitrogen and oxygen atoms in total. The van der Waals surface area contributed by atoms with E-state index in [1.54, 1.807) is 13.8 Å². The molecular formula is C33H48O6. The fourth-order valence-electron chi connectivity index (χ4n) is 4.75. The number of carbonyl (C=O) groups is 3. The molecule has 0 spiro atoms. The second-order valence-corrected chi connectivity index (χ2v) is 11.1. The number of aliphatic hydroxyl groups excluding tert-OH is 1. The minimum atomic E-state index is -1.01. The van der Waals surface area contributed by atoms with E-state index in [9.17, 15) is 19.5 Å². The maximum absolute atomic E-state index is 13.0. The standard InChI is InChI=1S/C33H48O6/c1-9-28(14-15-29-24(5)13-16-31(36)39-29)19-22(3)12-10-11-21(2)17-25(6)32(37)27(8)33(38)26(7)18-23(4)20-30(34)35/h10-11,13-17,19-20,22,24-27,29,33,38H,9,12,18H2,1-8H3,(H,34,35)/t22-,24+,25-,26+,27-,29-,33-/m1/s1. The highest BCUT2D eigenvalue weighted by atomic mass is 16.5. The minimum Gasteiger partial charge on any atom is -0.478 e. The summed E-state index contributed by atoms with van der Waals surface area (Å²) >= 11 is 0. The summed E-state index contributed by atoms with van der Waals surface area (Å²) in [6.45, 7) is 15.4. The summed E-state index contributed by atoms with van der Waals surface area (Å²) in [4.78, 5) is 35.3. The number of carboxylic acid groups (broad SMARTS) is 1. The van der Waals surface area contributed by atoms with Gasteiger partial charge < -0.3 is 14.9 Å². The Morgan fingerprint density at radius 2 is 1.77 bits per heavy atom. The number of aliphatic carboxylic acids is 1. The molecule has 39 heavy (non-hydrogen) atoms. The van der Waals surface area contributed by atoms with Gasteiger partial charge in [0, 0.05) is 29.9 Å². The molecule has 1 aliphatic rings. The monoisotopic (exact) mass is 540 g/mol. The highest BCUT2D eigenvalue weighted by Crippen LogP contribution is 2.24. The van der Waals surface area contributed by atoms with Crippen molar-refractivity contribution in [3.05, 3.63) is 71.4 Å². The van der Waals surface area contributed by atoms with Crippen LogP contribution < -0.4 is 0 Å². The Balaban J connectivity index is 2.69. The lowest BCUT2D eigenvalue weighted by Crippen LogP contribution is -2.34. The third-order valence-corrected chi connectivity index (χ3v) is 7.12. The topological polar surface area (TPSA) is 101 Å². The summed E-state index contributed by atoms with van der Waals surface area (Å²) in [5.74, 6) is -2.01. The summed E-state index contributed by atoms with van der Waals surface area (Å²) in [6.07, 6.45) is 17.8. The SMILES string of the molecule is CCC(C=C[C@H]1OC(=O)C=C[C@@H]1C)=C[C@H](C)CC=CC(C)=C[C@@H](C)C(=O)[C@@H](C)[C@H](O)[C@@H](C)CC(C)=CC(=O)O. The summed E-state index contributed by atoms with van der Waals surface area (Å²) in [5.41, 5.74) is 2.84. The van der Waals surface area contributed by atoms with Gasteiger partial charge in [-0.3, -0.25) is 4.79 Å². The third-order valence-electron chi connectivity index (χ3n) is 7.12. The first-order valence-electron chi connectivity index (χ1n) is 14.0. The highest BCUT2D eigenvalue weighted by Gasteiger charge is 2.29. The smallest absolute Gasteiger partial charge is 0.331 e. The van der Waals surface area contributed by atoms with E-state index in [1.807, 2.05) is 58.1 Å². The predicted octanol–water partition coefficient (Wildman–Crippen LogP) is 6.78. The van der Waals surface area contributed by atoms with E-state index in [4.69, 9.17) is 9.84 Å². The maximum atomic E-state index is 13.0. The number of Topliss-reactive ketones (excluding diaryl/α,β-unsaturated/α-hetero) is 1. The summed E-state index contributed by atoms with van der Waals surface area (Å²) in [5, 5.41) is 19.6. The van der Waals surface area contributed by atoms with Gasteiger partial charge in [0.25, 0.3) is 0 Å². The van der Waals surface area contributed by atoms with Crippen molar-refractivity contribution in [3.63, 3.8) is 0 Å². The van der Waals surface area contributed by atoms with Gasteiger partial charge in [-0.25, -0.2) is 9.59 Å². The number of carbonyl (C=O) groups excluding carboxylic acids is 2. The van der Waals surface area contributed by atoms with E-state index in [2.05, 4.69) is 26.0 Å². The number of esters is 1. The zero-order valence-corrected chi connectivity index (χ0v) is 24.9. The average molecular weight is 541 g/mol. The van der Waals surface area contributed by atoms with Crippen molar-refractivity contribution in [1.29, 1.82) is 0 Å². The zero-order valence-electron chi connectivity index (χ0n) is 24.9. The van der Waals surface area contributed by atoms with Crippen LogP contribution in [0.4, 0.5) is 0 Å². The molecule has 0 radical (unpaired) electrons. The van der Waals surface area contributed by atoms with Crippen LogP contribution >= 0.6 is 0 Å². The minimum absolute atomic E-state index is 0.0360. The van der Waals surface area contributed by atoms with Crippen molar-refractivity contribution >= 4 is 17.7 Å². The van der Waals surface area contributed by atoms with Crippen LogP contribution in [0.2, 0.25) is 0 Å². The van der Waals surface area contributed by atoms with Crippen LogP contribution in [0.5, 0.6) is 0 Å².